The van der Waals surface area contributed by atoms with Crippen molar-refractivity contribution in [2.45, 2.75) is 24.6 Å². The van der Waals surface area contributed by atoms with E-state index in [1.807, 2.05) is 11.8 Å². The minimum atomic E-state index is -0.565. The number of rotatable bonds is 3. The molecule has 0 radical (unpaired) electrons. The third-order valence-electron chi connectivity index (χ3n) is 2.44. The van der Waals surface area contributed by atoms with Gasteiger partial charge in [-0.3, -0.25) is 9.48 Å². The van der Waals surface area contributed by atoms with E-state index < -0.39 is 5.91 Å². The predicted molar refractivity (Wildman–Crippen MR) is 60.6 cm³/mol. The van der Waals surface area contributed by atoms with Crippen molar-refractivity contribution >= 4 is 23.4 Å². The van der Waals surface area contributed by atoms with Gasteiger partial charge in [-0.05, 0) is 18.6 Å². The molecule has 1 aromatic rings. The Hall–Kier alpha value is -1.17. The maximum absolute atomic E-state index is 10.9. The van der Waals surface area contributed by atoms with Gasteiger partial charge in [0.05, 0.1) is 12.2 Å². The molecule has 4 N–H and O–H groups in total. The van der Waals surface area contributed by atoms with Gasteiger partial charge in [0.2, 0.25) is 0 Å². The molecule has 0 spiro atoms. The molecule has 1 unspecified atom stereocenters. The topological polar surface area (TPSA) is 86.9 Å². The van der Waals surface area contributed by atoms with E-state index in [0.717, 1.165) is 6.54 Å². The lowest BCUT2D eigenvalue weighted by atomic mass is 10.2. The highest BCUT2D eigenvalue weighted by Gasteiger charge is 2.18. The molecule has 1 aliphatic heterocycles. The lowest BCUT2D eigenvalue weighted by Gasteiger charge is -2.07. The van der Waals surface area contributed by atoms with Crippen LogP contribution in [-0.2, 0) is 6.54 Å². The highest BCUT2D eigenvalue weighted by molar-refractivity contribution is 8.00. The smallest absolute Gasteiger partial charge is 0.271 e. The van der Waals surface area contributed by atoms with Gasteiger partial charge >= 0.3 is 0 Å². The van der Waals surface area contributed by atoms with Gasteiger partial charge in [-0.2, -0.15) is 16.9 Å². The van der Waals surface area contributed by atoms with Crippen LogP contribution in [0.25, 0.3) is 0 Å². The van der Waals surface area contributed by atoms with Crippen LogP contribution < -0.4 is 11.5 Å². The summed E-state index contributed by atoms with van der Waals surface area (Å²) in [5.41, 5.74) is 11.3. The molecular weight excluding hydrogens is 212 g/mol. The van der Waals surface area contributed by atoms with Gasteiger partial charge in [-0.15, -0.1) is 0 Å². The van der Waals surface area contributed by atoms with Gasteiger partial charge in [0, 0.05) is 11.4 Å². The fourth-order valence-electron chi connectivity index (χ4n) is 1.72. The Bertz CT molecular complexity index is 370. The number of nitrogens with two attached hydrogens (primary N) is 2. The van der Waals surface area contributed by atoms with E-state index in [2.05, 4.69) is 5.10 Å². The van der Waals surface area contributed by atoms with Crippen molar-refractivity contribution in [2.75, 3.05) is 11.5 Å². The summed E-state index contributed by atoms with van der Waals surface area (Å²) in [6.45, 7) is 0.808. The largest absolute Gasteiger partial charge is 0.396 e. The second kappa shape index (κ2) is 4.14. The first-order chi connectivity index (χ1) is 7.16. The SMILES string of the molecule is NC(=O)c1nn(CC2CCCS2)cc1N. The molecule has 1 amide bonds. The van der Waals surface area contributed by atoms with E-state index >= 15 is 0 Å². The van der Waals surface area contributed by atoms with Crippen LogP contribution in [0, 0.1) is 0 Å². The Morgan fingerprint density at radius 3 is 3.07 bits per heavy atom. The lowest BCUT2D eigenvalue weighted by molar-refractivity contribution is 0.0995. The number of hydrogen-bond donors (Lipinski definition) is 2. The fourth-order valence-corrected chi connectivity index (χ4v) is 2.98. The van der Waals surface area contributed by atoms with Gasteiger partial charge < -0.3 is 11.5 Å². The van der Waals surface area contributed by atoms with Crippen LogP contribution in [0.2, 0.25) is 0 Å². The first-order valence-electron chi connectivity index (χ1n) is 4.91. The molecule has 5 nitrogen and oxygen atoms in total. The Kier molecular flexibility index (Phi) is 2.86. The maximum Gasteiger partial charge on any atom is 0.271 e. The molecule has 2 heterocycles. The Morgan fingerprint density at radius 2 is 2.53 bits per heavy atom. The summed E-state index contributed by atoms with van der Waals surface area (Å²) >= 11 is 1.94. The minimum absolute atomic E-state index is 0.179. The van der Waals surface area contributed by atoms with Crippen molar-refractivity contribution in [2.24, 2.45) is 5.73 Å². The van der Waals surface area contributed by atoms with Crippen LogP contribution in [0.3, 0.4) is 0 Å². The number of thioether (sulfide) groups is 1. The van der Waals surface area contributed by atoms with Crippen LogP contribution in [0.15, 0.2) is 6.20 Å². The molecule has 2 rings (SSSR count). The highest BCUT2D eigenvalue weighted by Crippen LogP contribution is 2.27. The summed E-state index contributed by atoms with van der Waals surface area (Å²) in [7, 11) is 0. The molecule has 6 heteroatoms. The number of amides is 1. The van der Waals surface area contributed by atoms with Gasteiger partial charge in [0.25, 0.3) is 5.91 Å². The second-order valence-corrected chi connectivity index (χ2v) is 5.06. The van der Waals surface area contributed by atoms with Crippen molar-refractivity contribution in [1.82, 2.24) is 9.78 Å². The van der Waals surface area contributed by atoms with Crippen LogP contribution in [-0.4, -0.2) is 26.7 Å². The van der Waals surface area contributed by atoms with Gasteiger partial charge in [-0.1, -0.05) is 0 Å². The summed E-state index contributed by atoms with van der Waals surface area (Å²) in [6, 6.07) is 0. The molecule has 0 aliphatic carbocycles. The van der Waals surface area contributed by atoms with Crippen LogP contribution in [0.4, 0.5) is 5.69 Å². The molecule has 15 heavy (non-hydrogen) atoms. The quantitative estimate of drug-likeness (QED) is 0.784. The summed E-state index contributed by atoms with van der Waals surface area (Å²) in [6.07, 6.45) is 4.14. The average Bonchev–Trinajstić information content (AvgIpc) is 2.75. The van der Waals surface area contributed by atoms with Crippen molar-refractivity contribution in [3.05, 3.63) is 11.9 Å². The average molecular weight is 226 g/mol. The summed E-state index contributed by atoms with van der Waals surface area (Å²) in [4.78, 5) is 10.9. The number of primary amides is 1. The number of nitrogens with zero attached hydrogens (tertiary/aromatic N) is 2. The van der Waals surface area contributed by atoms with Crippen molar-refractivity contribution in [1.29, 1.82) is 0 Å². The van der Waals surface area contributed by atoms with E-state index in [1.54, 1.807) is 10.9 Å². The van der Waals surface area contributed by atoms with E-state index in [0.29, 0.717) is 10.9 Å². The first-order valence-corrected chi connectivity index (χ1v) is 5.96. The predicted octanol–water partition coefficient (Wildman–Crippen LogP) is 0.460. The number of nitrogen functional groups attached to an aromatic ring is 1. The van der Waals surface area contributed by atoms with E-state index in [1.165, 1.54) is 18.6 Å². The third-order valence-corrected chi connectivity index (χ3v) is 3.82. The molecule has 1 saturated heterocycles. The van der Waals surface area contributed by atoms with E-state index in [4.69, 9.17) is 11.5 Å². The van der Waals surface area contributed by atoms with E-state index in [-0.39, 0.29) is 5.69 Å². The summed E-state index contributed by atoms with van der Waals surface area (Å²) in [5.74, 6) is 0.648. The van der Waals surface area contributed by atoms with Crippen molar-refractivity contribution in [3.63, 3.8) is 0 Å². The summed E-state index contributed by atoms with van der Waals surface area (Å²) < 4.78 is 1.72. The van der Waals surface area contributed by atoms with Crippen LogP contribution in [0.5, 0.6) is 0 Å². The standard InChI is InChI=1S/C9H14N4OS/c10-7-5-13(12-8(7)9(11)14)4-6-2-1-3-15-6/h5-6H,1-4,10H2,(H2,11,14). The monoisotopic (exact) mass is 226 g/mol. The molecule has 1 aromatic heterocycles. The van der Waals surface area contributed by atoms with E-state index in [9.17, 15) is 4.79 Å². The van der Waals surface area contributed by atoms with Crippen LogP contribution >= 0.6 is 11.8 Å². The normalized spacial score (nSPS) is 20.7. The zero-order valence-corrected chi connectivity index (χ0v) is 9.17. The minimum Gasteiger partial charge on any atom is -0.396 e. The molecule has 0 aromatic carbocycles. The zero-order valence-electron chi connectivity index (χ0n) is 8.35. The second-order valence-electron chi connectivity index (χ2n) is 3.65. The first kappa shape index (κ1) is 10.4. The number of carbonyl (C=O) groups excluding carboxylic acids is 1. The third kappa shape index (κ3) is 2.26. The highest BCUT2D eigenvalue weighted by atomic mass is 32.2. The molecule has 1 aliphatic rings. The molecule has 0 bridgehead atoms. The maximum atomic E-state index is 10.9. The molecule has 1 atom stereocenters. The Morgan fingerprint density at radius 1 is 1.73 bits per heavy atom. The zero-order chi connectivity index (χ0) is 10.8. The number of carbonyl (C=O) groups is 1. The molecule has 1 fully saturated rings. The number of hydrogen-bond acceptors (Lipinski definition) is 4. The summed E-state index contributed by atoms with van der Waals surface area (Å²) in [5, 5.41) is 4.66. The van der Waals surface area contributed by atoms with Gasteiger partial charge in [-0.25, -0.2) is 0 Å². The Labute approximate surface area is 92.2 Å². The molecule has 0 saturated carbocycles. The lowest BCUT2D eigenvalue weighted by Crippen LogP contribution is -2.15. The fraction of sp³-hybridized carbons (Fsp3) is 0.556. The molecular formula is C9H14N4OS. The van der Waals surface area contributed by atoms with Crippen LogP contribution in [0.1, 0.15) is 23.3 Å². The van der Waals surface area contributed by atoms with Gasteiger partial charge in [0.1, 0.15) is 0 Å². The van der Waals surface area contributed by atoms with Gasteiger partial charge in [0.15, 0.2) is 5.69 Å². The Balaban J connectivity index is 2.08. The van der Waals surface area contributed by atoms with Crippen molar-refractivity contribution in [3.8, 4) is 0 Å². The number of aromatic nitrogens is 2. The molecule has 82 valence electrons. The number of anilines is 1. The van der Waals surface area contributed by atoms with Crippen molar-refractivity contribution < 1.29 is 4.79 Å².